The van der Waals surface area contributed by atoms with E-state index in [0.29, 0.717) is 17.1 Å². The van der Waals surface area contributed by atoms with Crippen molar-refractivity contribution in [1.82, 2.24) is 19.7 Å². The van der Waals surface area contributed by atoms with E-state index in [4.69, 9.17) is 24.3 Å². The predicted octanol–water partition coefficient (Wildman–Crippen LogP) is 3.31. The minimum Gasteiger partial charge on any atom is -0.464 e. The first-order valence-corrected chi connectivity index (χ1v) is 16.6. The number of anilines is 1. The second-order valence-electron chi connectivity index (χ2n) is 11.6. The Labute approximate surface area is 261 Å². The zero-order valence-corrected chi connectivity index (χ0v) is 26.1. The lowest BCUT2D eigenvalue weighted by Crippen LogP contribution is -2.46. The van der Waals surface area contributed by atoms with Gasteiger partial charge in [-0.15, -0.1) is 0 Å². The molecule has 0 spiro atoms. The fraction of sp³-hybridized carbons (Fsp3) is 0.533. The number of aliphatic hydroxyl groups is 2. The van der Waals surface area contributed by atoms with E-state index in [-0.39, 0.29) is 24.1 Å². The number of nitrogens with zero attached hydrogens (tertiary/aromatic N) is 4. The van der Waals surface area contributed by atoms with Crippen LogP contribution in [-0.2, 0) is 23.4 Å². The number of carbonyl (C=O) groups excluding carboxylic acids is 1. The molecule has 1 aromatic carbocycles. The number of esters is 1. The Morgan fingerprint density at radius 1 is 1.22 bits per heavy atom. The second kappa shape index (κ2) is 13.8. The molecular formula is C30H39N6O8P. The van der Waals surface area contributed by atoms with E-state index in [1.165, 1.54) is 17.8 Å². The number of aliphatic hydroxyl groups excluding tert-OH is 2. The van der Waals surface area contributed by atoms with E-state index in [9.17, 15) is 24.8 Å². The molecule has 1 saturated carbocycles. The fourth-order valence-electron chi connectivity index (χ4n) is 5.79. The van der Waals surface area contributed by atoms with Crippen molar-refractivity contribution in [2.24, 2.45) is 11.8 Å². The smallest absolute Gasteiger partial charge is 0.459 e. The molecule has 0 bridgehead atoms. The van der Waals surface area contributed by atoms with Crippen LogP contribution in [0.3, 0.4) is 0 Å². The summed E-state index contributed by atoms with van der Waals surface area (Å²) in [5.41, 5.74) is 4.47. The summed E-state index contributed by atoms with van der Waals surface area (Å²) in [6.07, 6.45) is 1.93. The number of aromatic nitrogens is 3. The molecule has 15 heteroatoms. The largest absolute Gasteiger partial charge is 0.464 e. The number of benzene rings is 1. The summed E-state index contributed by atoms with van der Waals surface area (Å²) in [6.45, 7) is 3.11. The number of nitrogens with one attached hydrogen (secondary N) is 1. The third-order valence-electron chi connectivity index (χ3n) is 8.57. The average molecular weight is 643 g/mol. The van der Waals surface area contributed by atoms with Gasteiger partial charge >= 0.3 is 13.7 Å². The minimum absolute atomic E-state index is 0.162. The molecule has 0 radical (unpaired) electrons. The molecule has 0 amide bonds. The molecule has 45 heavy (non-hydrogen) atoms. The van der Waals surface area contributed by atoms with E-state index in [1.807, 2.05) is 6.07 Å². The summed E-state index contributed by atoms with van der Waals surface area (Å²) in [5, 5.41) is 38.9. The minimum atomic E-state index is -4.42. The van der Waals surface area contributed by atoms with Crippen LogP contribution in [0.5, 0.6) is 5.75 Å². The number of carbonyl (C=O) groups is 1. The number of ether oxygens (including phenoxy) is 2. The molecule has 2 aromatic heterocycles. The Morgan fingerprint density at radius 2 is 1.93 bits per heavy atom. The first-order chi connectivity index (χ1) is 21.6. The maximum absolute atomic E-state index is 14.1. The quantitative estimate of drug-likeness (QED) is 0.166. The van der Waals surface area contributed by atoms with Crippen molar-refractivity contribution in [2.75, 3.05) is 18.9 Å². The van der Waals surface area contributed by atoms with Crippen LogP contribution in [0.2, 0.25) is 0 Å². The summed E-state index contributed by atoms with van der Waals surface area (Å²) < 4.78 is 38.3. The lowest BCUT2D eigenvalue weighted by atomic mass is 9.81. The van der Waals surface area contributed by atoms with Gasteiger partial charge in [0.1, 0.15) is 54.6 Å². The van der Waals surface area contributed by atoms with Gasteiger partial charge in [-0.3, -0.25) is 9.32 Å². The fourth-order valence-corrected chi connectivity index (χ4v) is 7.31. The average Bonchev–Trinajstić information content (AvgIpc) is 3.59. The predicted molar refractivity (Wildman–Crippen MR) is 162 cm³/mol. The van der Waals surface area contributed by atoms with E-state index in [0.717, 1.165) is 32.1 Å². The van der Waals surface area contributed by atoms with Gasteiger partial charge in [0.2, 0.25) is 5.60 Å². The molecule has 3 heterocycles. The van der Waals surface area contributed by atoms with E-state index < -0.39 is 50.3 Å². The van der Waals surface area contributed by atoms with Gasteiger partial charge < -0.3 is 29.9 Å². The third-order valence-corrected chi connectivity index (χ3v) is 10.2. The Balaban J connectivity index is 1.30. The van der Waals surface area contributed by atoms with E-state index in [1.54, 1.807) is 42.5 Å². The summed E-state index contributed by atoms with van der Waals surface area (Å²) in [7, 11) is -4.42. The number of nitrogens with two attached hydrogens (primary N) is 1. The molecule has 1 aliphatic heterocycles. The first-order valence-electron chi connectivity index (χ1n) is 15.0. The highest BCUT2D eigenvalue weighted by Gasteiger charge is 2.57. The van der Waals surface area contributed by atoms with Crippen molar-refractivity contribution in [2.45, 2.75) is 75.9 Å². The maximum atomic E-state index is 14.1. The number of hydrogen-bond acceptors (Lipinski definition) is 12. The number of fused-ring (bicyclic) bond motifs is 1. The van der Waals surface area contributed by atoms with Gasteiger partial charge in [0, 0.05) is 0 Å². The summed E-state index contributed by atoms with van der Waals surface area (Å²) in [4.78, 5) is 16.9. The Hall–Kier alpha value is -3.57. The van der Waals surface area contributed by atoms with Gasteiger partial charge in [0.05, 0.1) is 12.3 Å². The van der Waals surface area contributed by atoms with Crippen molar-refractivity contribution in [3.63, 3.8) is 0 Å². The lowest BCUT2D eigenvalue weighted by molar-refractivity contribution is -0.147. The van der Waals surface area contributed by atoms with Crippen molar-refractivity contribution >= 4 is 25.1 Å². The third kappa shape index (κ3) is 7.14. The van der Waals surface area contributed by atoms with Crippen molar-refractivity contribution in [1.29, 1.82) is 5.26 Å². The molecular weight excluding hydrogens is 603 g/mol. The number of hydrogen-bond donors (Lipinski definition) is 4. The highest BCUT2D eigenvalue weighted by molar-refractivity contribution is 7.52. The molecule has 1 saturated heterocycles. The first kappa shape index (κ1) is 32.8. The topological polar surface area (TPSA) is 204 Å². The van der Waals surface area contributed by atoms with Crippen LogP contribution in [0.25, 0.3) is 5.52 Å². The van der Waals surface area contributed by atoms with Crippen LogP contribution >= 0.6 is 7.75 Å². The second-order valence-corrected chi connectivity index (χ2v) is 13.3. The Kier molecular flexibility index (Phi) is 10.1. The molecule has 0 unspecified atom stereocenters. The highest BCUT2D eigenvalue weighted by Crippen LogP contribution is 2.48. The van der Waals surface area contributed by atoms with Crippen LogP contribution < -0.4 is 15.3 Å². The van der Waals surface area contributed by atoms with E-state index >= 15 is 0 Å². The van der Waals surface area contributed by atoms with Crippen LogP contribution in [0.4, 0.5) is 5.82 Å². The number of nitriles is 1. The van der Waals surface area contributed by atoms with Crippen molar-refractivity contribution in [3.05, 3.63) is 54.5 Å². The molecule has 14 nitrogen and oxygen atoms in total. The zero-order chi connectivity index (χ0) is 32.2. The number of para-hydroxylation sites is 1. The van der Waals surface area contributed by atoms with Gasteiger partial charge in [-0.1, -0.05) is 44.4 Å². The zero-order valence-electron chi connectivity index (χ0n) is 25.2. The summed E-state index contributed by atoms with van der Waals surface area (Å²) in [5.74, 6) is 0.680. The monoisotopic (exact) mass is 642 g/mol. The Bertz CT molecular complexity index is 1560. The Morgan fingerprint density at radius 3 is 2.62 bits per heavy atom. The van der Waals surface area contributed by atoms with Crippen LogP contribution in [0.15, 0.2) is 48.8 Å². The van der Waals surface area contributed by atoms with Crippen molar-refractivity contribution in [3.8, 4) is 11.8 Å². The lowest BCUT2D eigenvalue weighted by Gasteiger charge is -2.29. The molecule has 3 aromatic rings. The van der Waals surface area contributed by atoms with E-state index in [2.05, 4.69) is 22.1 Å². The highest BCUT2D eigenvalue weighted by atomic mass is 31.2. The number of nitrogen functional groups attached to an aromatic ring is 1. The van der Waals surface area contributed by atoms with Crippen LogP contribution in [-0.4, -0.2) is 67.8 Å². The molecule has 2 fully saturated rings. The van der Waals surface area contributed by atoms with Crippen molar-refractivity contribution < 1.29 is 38.1 Å². The van der Waals surface area contributed by atoms with Gasteiger partial charge in [0.25, 0.3) is 0 Å². The molecule has 5 N–H and O–H groups in total. The number of rotatable bonds is 12. The standard InChI is InChI=1S/C30H39N6O8P/c1-3-20-9-11-21(12-10-20)15-41-29(39)19(2)35-45(40,44-22-7-5-4-6-8-22)42-17-30(16-31)27(38)25(37)26(43-30)23-13-14-24-28(32)33-18-34-36(23)24/h4-8,13-14,18-21,25-27,37-38H,3,9-12,15,17H2,1-2H3,(H,35,40)(H2,32,33,34)/t19-,20-,21-,25-,26-,27-,30+,45+/m0/s1. The maximum Gasteiger partial charge on any atom is 0.459 e. The summed E-state index contributed by atoms with van der Waals surface area (Å²) >= 11 is 0. The molecule has 242 valence electrons. The van der Waals surface area contributed by atoms with Crippen LogP contribution in [0, 0.1) is 23.2 Å². The molecule has 5 rings (SSSR count). The van der Waals surface area contributed by atoms with Gasteiger partial charge in [-0.25, -0.2) is 14.1 Å². The molecule has 6 atom stereocenters. The van der Waals surface area contributed by atoms with Gasteiger partial charge in [0.15, 0.2) is 5.82 Å². The normalized spacial score (nSPS) is 28.6. The molecule has 2 aliphatic rings. The van der Waals surface area contributed by atoms with Gasteiger partial charge in [-0.05, 0) is 55.9 Å². The van der Waals surface area contributed by atoms with Crippen LogP contribution in [0.1, 0.15) is 57.7 Å². The molecule has 1 aliphatic carbocycles. The summed E-state index contributed by atoms with van der Waals surface area (Å²) in [6, 6.07) is 12.1. The van der Waals surface area contributed by atoms with Gasteiger partial charge in [-0.2, -0.15) is 15.4 Å². The SMILES string of the molecule is CC[C@H]1CC[C@H](COC(=O)[C@H](C)N[P@@](=O)(OC[C@@]2(C#N)O[C@@H](c3ccc4c(N)ncnn34)[C@H](O)[C@@H]2O)Oc2ccccc2)CC1.